The normalized spacial score (nSPS) is 24.0. The van der Waals surface area contributed by atoms with Gasteiger partial charge in [0.15, 0.2) is 0 Å². The molecule has 1 aliphatic heterocycles. The molecule has 1 unspecified atom stereocenters. The summed E-state index contributed by atoms with van der Waals surface area (Å²) in [6, 6.07) is 0. The molecule has 0 aliphatic carbocycles. The second-order valence-electron chi connectivity index (χ2n) is 4.45. The topological polar surface area (TPSA) is 41.3 Å². The maximum Gasteiger partial charge on any atom is 0.000709 e. The Morgan fingerprint density at radius 3 is 3.00 bits per heavy atom. The Labute approximate surface area is 88.0 Å². The molecule has 84 valence electrons. The number of nitrogens with zero attached hydrogens (tertiary/aromatic N) is 1. The van der Waals surface area contributed by atoms with Gasteiger partial charge in [-0.05, 0) is 64.8 Å². The largest absolute Gasteiger partial charge is 0.330 e. The third-order valence-corrected chi connectivity index (χ3v) is 3.01. The van der Waals surface area contributed by atoms with Crippen LogP contribution in [0.2, 0.25) is 0 Å². The van der Waals surface area contributed by atoms with E-state index in [4.69, 9.17) is 5.73 Å². The Morgan fingerprint density at radius 1 is 1.43 bits per heavy atom. The van der Waals surface area contributed by atoms with Crippen molar-refractivity contribution in [3.05, 3.63) is 0 Å². The molecule has 1 atom stereocenters. The molecular formula is C11H25N3. The number of nitrogens with one attached hydrogen (secondary N) is 1. The molecule has 1 saturated heterocycles. The summed E-state index contributed by atoms with van der Waals surface area (Å²) >= 11 is 0. The summed E-state index contributed by atoms with van der Waals surface area (Å²) in [4.78, 5) is 2.45. The van der Waals surface area contributed by atoms with Crippen molar-refractivity contribution in [3.63, 3.8) is 0 Å². The van der Waals surface area contributed by atoms with Crippen LogP contribution in [-0.2, 0) is 0 Å². The molecule has 0 aromatic heterocycles. The van der Waals surface area contributed by atoms with Crippen molar-refractivity contribution in [3.8, 4) is 0 Å². The smallest absolute Gasteiger partial charge is 0.000709 e. The molecular weight excluding hydrogens is 174 g/mol. The van der Waals surface area contributed by atoms with Gasteiger partial charge < -0.3 is 16.0 Å². The SMILES string of the molecule is CN1CCCC(CCNCCCN)C1. The first kappa shape index (κ1) is 12.0. The van der Waals surface area contributed by atoms with Crippen molar-refractivity contribution in [2.45, 2.75) is 25.7 Å². The van der Waals surface area contributed by atoms with Gasteiger partial charge in [-0.25, -0.2) is 0 Å². The zero-order valence-corrected chi connectivity index (χ0v) is 9.47. The Balaban J connectivity index is 1.95. The molecule has 0 aromatic rings. The van der Waals surface area contributed by atoms with Gasteiger partial charge in [-0.15, -0.1) is 0 Å². The van der Waals surface area contributed by atoms with E-state index in [0.717, 1.165) is 25.4 Å². The Hall–Kier alpha value is -0.120. The second-order valence-corrected chi connectivity index (χ2v) is 4.45. The molecule has 1 aliphatic rings. The zero-order valence-electron chi connectivity index (χ0n) is 9.47. The van der Waals surface area contributed by atoms with Crippen LogP contribution in [0.3, 0.4) is 0 Å². The van der Waals surface area contributed by atoms with E-state index >= 15 is 0 Å². The Bertz CT molecular complexity index is 138. The molecule has 0 spiro atoms. The Morgan fingerprint density at radius 2 is 2.29 bits per heavy atom. The third-order valence-electron chi connectivity index (χ3n) is 3.01. The van der Waals surface area contributed by atoms with Crippen LogP contribution in [0.5, 0.6) is 0 Å². The van der Waals surface area contributed by atoms with Crippen LogP contribution in [0.4, 0.5) is 0 Å². The van der Waals surface area contributed by atoms with Gasteiger partial charge in [0.25, 0.3) is 0 Å². The van der Waals surface area contributed by atoms with Crippen LogP contribution < -0.4 is 11.1 Å². The summed E-state index contributed by atoms with van der Waals surface area (Å²) in [5.41, 5.74) is 5.43. The summed E-state index contributed by atoms with van der Waals surface area (Å²) in [5.74, 6) is 0.916. The predicted molar refractivity (Wildman–Crippen MR) is 61.4 cm³/mol. The van der Waals surface area contributed by atoms with Crippen molar-refractivity contribution in [1.29, 1.82) is 0 Å². The lowest BCUT2D eigenvalue weighted by atomic mass is 9.95. The number of likely N-dealkylation sites (tertiary alicyclic amines) is 1. The maximum absolute atomic E-state index is 5.43. The maximum atomic E-state index is 5.43. The molecule has 1 heterocycles. The van der Waals surface area contributed by atoms with E-state index in [2.05, 4.69) is 17.3 Å². The van der Waals surface area contributed by atoms with Crippen molar-refractivity contribution in [1.82, 2.24) is 10.2 Å². The van der Waals surface area contributed by atoms with E-state index in [9.17, 15) is 0 Å². The van der Waals surface area contributed by atoms with Crippen molar-refractivity contribution >= 4 is 0 Å². The average molecular weight is 199 g/mol. The van der Waals surface area contributed by atoms with Gasteiger partial charge in [-0.1, -0.05) is 0 Å². The number of hydrogen-bond acceptors (Lipinski definition) is 3. The first-order chi connectivity index (χ1) is 6.83. The molecule has 1 fully saturated rings. The first-order valence-corrected chi connectivity index (χ1v) is 5.92. The van der Waals surface area contributed by atoms with Crippen LogP contribution in [-0.4, -0.2) is 44.7 Å². The lowest BCUT2D eigenvalue weighted by Crippen LogP contribution is -2.33. The fourth-order valence-electron chi connectivity index (χ4n) is 2.17. The molecule has 14 heavy (non-hydrogen) atoms. The van der Waals surface area contributed by atoms with Gasteiger partial charge in [0.2, 0.25) is 0 Å². The Kier molecular flexibility index (Phi) is 6.15. The standard InChI is InChI=1S/C11H25N3/c1-14-9-2-4-11(10-14)5-8-13-7-3-6-12/h11,13H,2-10,12H2,1H3. The number of hydrogen-bond donors (Lipinski definition) is 2. The van der Waals surface area contributed by atoms with E-state index < -0.39 is 0 Å². The molecule has 3 N–H and O–H groups in total. The minimum atomic E-state index is 0.805. The molecule has 3 nitrogen and oxygen atoms in total. The minimum absolute atomic E-state index is 0.805. The number of rotatable bonds is 6. The van der Waals surface area contributed by atoms with E-state index in [-0.39, 0.29) is 0 Å². The quantitative estimate of drug-likeness (QED) is 0.617. The lowest BCUT2D eigenvalue weighted by Gasteiger charge is -2.29. The van der Waals surface area contributed by atoms with E-state index in [1.807, 2.05) is 0 Å². The van der Waals surface area contributed by atoms with Gasteiger partial charge >= 0.3 is 0 Å². The second kappa shape index (κ2) is 7.21. The van der Waals surface area contributed by atoms with E-state index in [1.54, 1.807) is 0 Å². The lowest BCUT2D eigenvalue weighted by molar-refractivity contribution is 0.201. The summed E-state index contributed by atoms with van der Waals surface area (Å²) in [6.07, 6.45) is 5.23. The van der Waals surface area contributed by atoms with Crippen LogP contribution >= 0.6 is 0 Å². The average Bonchev–Trinajstić information content (AvgIpc) is 2.18. The van der Waals surface area contributed by atoms with Crippen molar-refractivity contribution in [2.24, 2.45) is 11.7 Å². The number of piperidine rings is 1. The van der Waals surface area contributed by atoms with Crippen molar-refractivity contribution in [2.75, 3.05) is 39.8 Å². The zero-order chi connectivity index (χ0) is 10.2. The van der Waals surface area contributed by atoms with Crippen molar-refractivity contribution < 1.29 is 0 Å². The highest BCUT2D eigenvalue weighted by atomic mass is 15.1. The van der Waals surface area contributed by atoms with Gasteiger partial charge in [-0.2, -0.15) is 0 Å². The molecule has 0 aromatic carbocycles. The molecule has 0 bridgehead atoms. The highest BCUT2D eigenvalue weighted by Gasteiger charge is 2.15. The van der Waals surface area contributed by atoms with Crippen LogP contribution in [0.1, 0.15) is 25.7 Å². The first-order valence-electron chi connectivity index (χ1n) is 5.92. The summed E-state index contributed by atoms with van der Waals surface area (Å²) < 4.78 is 0. The van der Waals surface area contributed by atoms with E-state index in [0.29, 0.717) is 0 Å². The molecule has 0 radical (unpaired) electrons. The van der Waals surface area contributed by atoms with Gasteiger partial charge in [-0.3, -0.25) is 0 Å². The van der Waals surface area contributed by atoms with Crippen LogP contribution in [0, 0.1) is 5.92 Å². The predicted octanol–water partition coefficient (Wildman–Crippen LogP) is 0.657. The van der Waals surface area contributed by atoms with Crippen LogP contribution in [0.25, 0.3) is 0 Å². The highest BCUT2D eigenvalue weighted by Crippen LogP contribution is 2.17. The highest BCUT2D eigenvalue weighted by molar-refractivity contribution is 4.71. The molecule has 0 saturated carbocycles. The van der Waals surface area contributed by atoms with Crippen LogP contribution in [0.15, 0.2) is 0 Å². The third kappa shape index (κ3) is 4.94. The summed E-state index contributed by atoms with van der Waals surface area (Å²) in [7, 11) is 2.23. The van der Waals surface area contributed by atoms with E-state index in [1.165, 1.54) is 38.9 Å². The number of nitrogens with two attached hydrogens (primary N) is 1. The summed E-state index contributed by atoms with van der Waals surface area (Å²) in [5, 5.41) is 3.45. The molecule has 3 heteroatoms. The fourth-order valence-corrected chi connectivity index (χ4v) is 2.17. The van der Waals surface area contributed by atoms with Gasteiger partial charge in [0, 0.05) is 6.54 Å². The minimum Gasteiger partial charge on any atom is -0.330 e. The van der Waals surface area contributed by atoms with Gasteiger partial charge in [0.1, 0.15) is 0 Å². The monoisotopic (exact) mass is 199 g/mol. The molecule has 1 rings (SSSR count). The molecule has 0 amide bonds. The van der Waals surface area contributed by atoms with Gasteiger partial charge in [0.05, 0.1) is 0 Å². The summed E-state index contributed by atoms with van der Waals surface area (Å²) in [6.45, 7) is 5.63. The fraction of sp³-hybridized carbons (Fsp3) is 1.00.